The molecule has 0 atom stereocenters. The maximum absolute atomic E-state index is 12.0. The number of rotatable bonds is 4. The summed E-state index contributed by atoms with van der Waals surface area (Å²) in [5.74, 6) is -0.455. The summed E-state index contributed by atoms with van der Waals surface area (Å²) in [4.78, 5) is 23.4. The van der Waals surface area contributed by atoms with E-state index in [-0.39, 0.29) is 6.61 Å². The number of nitrogens with one attached hydrogen (secondary N) is 1. The third-order valence-electron chi connectivity index (χ3n) is 2.90. The number of esters is 1. The minimum absolute atomic E-state index is 0.269. The lowest BCUT2D eigenvalue weighted by atomic mass is 9.94. The van der Waals surface area contributed by atoms with Gasteiger partial charge < -0.3 is 15.3 Å². The summed E-state index contributed by atoms with van der Waals surface area (Å²) in [5.41, 5.74) is 1.73. The third-order valence-corrected chi connectivity index (χ3v) is 4.11. The summed E-state index contributed by atoms with van der Waals surface area (Å²) in [5, 5.41) is 15.2. The van der Waals surface area contributed by atoms with Crippen molar-refractivity contribution >= 4 is 34.4 Å². The van der Waals surface area contributed by atoms with Crippen molar-refractivity contribution in [1.82, 2.24) is 0 Å². The van der Waals surface area contributed by atoms with Crippen molar-refractivity contribution < 1.29 is 19.5 Å². The van der Waals surface area contributed by atoms with Gasteiger partial charge in [-0.3, -0.25) is 4.79 Å². The topological polar surface area (TPSA) is 88.0 Å². The number of amides is 1. The van der Waals surface area contributed by atoms with Gasteiger partial charge in [-0.05, 0) is 31.7 Å². The molecule has 1 amide bonds. The van der Waals surface area contributed by atoms with E-state index in [9.17, 15) is 9.59 Å². The standard InChI is InChI=1S/C12H14N2O4S/c1-2-18-12(16)9-7-4-3-5-8(14-17)10(7)19-11(9)13-6-15/h6,17H,2-5H2,1H3,(H,13,15)/b14-8+. The molecule has 0 radical (unpaired) electrons. The van der Waals surface area contributed by atoms with Gasteiger partial charge in [0.15, 0.2) is 0 Å². The second-order valence-corrected chi connectivity index (χ2v) is 5.02. The first-order valence-electron chi connectivity index (χ1n) is 5.97. The van der Waals surface area contributed by atoms with E-state index in [2.05, 4.69) is 10.5 Å². The number of hydrogen-bond acceptors (Lipinski definition) is 6. The Morgan fingerprint density at radius 2 is 2.37 bits per heavy atom. The predicted molar refractivity (Wildman–Crippen MR) is 71.2 cm³/mol. The highest BCUT2D eigenvalue weighted by Crippen LogP contribution is 2.38. The van der Waals surface area contributed by atoms with Crippen LogP contribution in [0.2, 0.25) is 0 Å². The van der Waals surface area contributed by atoms with E-state index in [0.717, 1.165) is 16.9 Å². The highest BCUT2D eigenvalue weighted by Gasteiger charge is 2.29. The lowest BCUT2D eigenvalue weighted by Crippen LogP contribution is -2.14. The Morgan fingerprint density at radius 1 is 1.58 bits per heavy atom. The molecule has 2 rings (SSSR count). The minimum Gasteiger partial charge on any atom is -0.462 e. The maximum atomic E-state index is 12.0. The van der Waals surface area contributed by atoms with Crippen molar-refractivity contribution in [3.8, 4) is 0 Å². The number of ether oxygens (including phenoxy) is 1. The van der Waals surface area contributed by atoms with Crippen molar-refractivity contribution in [3.05, 3.63) is 16.0 Å². The van der Waals surface area contributed by atoms with Crippen LogP contribution in [0.25, 0.3) is 0 Å². The number of thiophene rings is 1. The van der Waals surface area contributed by atoms with Gasteiger partial charge in [-0.15, -0.1) is 11.3 Å². The van der Waals surface area contributed by atoms with Crippen molar-refractivity contribution in [2.75, 3.05) is 11.9 Å². The van der Waals surface area contributed by atoms with Crippen LogP contribution < -0.4 is 5.32 Å². The highest BCUT2D eigenvalue weighted by molar-refractivity contribution is 7.18. The maximum Gasteiger partial charge on any atom is 0.341 e. The van der Waals surface area contributed by atoms with E-state index < -0.39 is 5.97 Å². The molecule has 0 saturated carbocycles. The number of nitrogens with zero attached hydrogens (tertiary/aromatic N) is 1. The molecule has 0 saturated heterocycles. The molecule has 0 bridgehead atoms. The summed E-state index contributed by atoms with van der Waals surface area (Å²) in [7, 11) is 0. The Labute approximate surface area is 114 Å². The fourth-order valence-corrected chi connectivity index (χ4v) is 3.36. The average Bonchev–Trinajstić information content (AvgIpc) is 2.77. The van der Waals surface area contributed by atoms with Crippen LogP contribution in [0.4, 0.5) is 5.00 Å². The molecule has 1 aromatic rings. The second kappa shape index (κ2) is 5.83. The molecular weight excluding hydrogens is 268 g/mol. The fourth-order valence-electron chi connectivity index (χ4n) is 2.15. The second-order valence-electron chi connectivity index (χ2n) is 4.00. The van der Waals surface area contributed by atoms with E-state index in [4.69, 9.17) is 9.94 Å². The van der Waals surface area contributed by atoms with Crippen LogP contribution in [0.15, 0.2) is 5.16 Å². The summed E-state index contributed by atoms with van der Waals surface area (Å²) in [6.45, 7) is 2.00. The molecule has 1 heterocycles. The smallest absolute Gasteiger partial charge is 0.341 e. The lowest BCUT2D eigenvalue weighted by molar-refractivity contribution is -0.105. The quantitative estimate of drug-likeness (QED) is 0.383. The van der Waals surface area contributed by atoms with Crippen LogP contribution in [-0.4, -0.2) is 29.9 Å². The zero-order chi connectivity index (χ0) is 13.8. The van der Waals surface area contributed by atoms with Crippen LogP contribution in [0.5, 0.6) is 0 Å². The molecule has 1 aliphatic rings. The van der Waals surface area contributed by atoms with Crippen LogP contribution in [0.3, 0.4) is 0 Å². The molecule has 0 fully saturated rings. The summed E-state index contributed by atoms with van der Waals surface area (Å²) >= 11 is 1.24. The van der Waals surface area contributed by atoms with Gasteiger partial charge in [-0.2, -0.15) is 0 Å². The van der Waals surface area contributed by atoms with E-state index in [1.165, 1.54) is 11.3 Å². The van der Waals surface area contributed by atoms with E-state index in [1.807, 2.05) is 0 Å². The Balaban J connectivity index is 2.53. The molecule has 1 aromatic heterocycles. The van der Waals surface area contributed by atoms with E-state index in [1.54, 1.807) is 6.92 Å². The first kappa shape index (κ1) is 13.5. The first-order valence-corrected chi connectivity index (χ1v) is 6.78. The fraction of sp³-hybridized carbons (Fsp3) is 0.417. The van der Waals surface area contributed by atoms with Gasteiger partial charge in [-0.1, -0.05) is 5.16 Å². The van der Waals surface area contributed by atoms with Crippen LogP contribution in [0, 0.1) is 0 Å². The lowest BCUT2D eigenvalue weighted by Gasteiger charge is -2.13. The molecule has 0 spiro atoms. The van der Waals surface area contributed by atoms with Crippen molar-refractivity contribution in [3.63, 3.8) is 0 Å². The zero-order valence-electron chi connectivity index (χ0n) is 10.4. The van der Waals surface area contributed by atoms with Crippen LogP contribution in [0.1, 0.15) is 40.6 Å². The summed E-state index contributed by atoms with van der Waals surface area (Å²) in [6, 6.07) is 0. The molecule has 0 aromatic carbocycles. The Morgan fingerprint density at radius 3 is 3.00 bits per heavy atom. The molecule has 1 aliphatic carbocycles. The average molecular weight is 282 g/mol. The Kier molecular flexibility index (Phi) is 4.16. The van der Waals surface area contributed by atoms with Gasteiger partial charge in [0.2, 0.25) is 6.41 Å². The van der Waals surface area contributed by atoms with E-state index in [0.29, 0.717) is 35.5 Å². The Hall–Kier alpha value is -1.89. The minimum atomic E-state index is -0.455. The molecule has 6 nitrogen and oxygen atoms in total. The van der Waals surface area contributed by atoms with Gasteiger partial charge in [0.05, 0.1) is 22.8 Å². The van der Waals surface area contributed by atoms with Crippen molar-refractivity contribution in [2.45, 2.75) is 26.2 Å². The SMILES string of the molecule is CCOC(=O)c1c(NC=O)sc2c1CCC/C2=N\O. The molecule has 0 unspecified atom stereocenters. The molecule has 102 valence electrons. The van der Waals surface area contributed by atoms with Crippen molar-refractivity contribution in [2.24, 2.45) is 5.16 Å². The molecule has 19 heavy (non-hydrogen) atoms. The first-order chi connectivity index (χ1) is 9.22. The van der Waals surface area contributed by atoms with Gasteiger partial charge in [0.25, 0.3) is 0 Å². The van der Waals surface area contributed by atoms with Crippen LogP contribution in [-0.2, 0) is 16.0 Å². The van der Waals surface area contributed by atoms with Crippen molar-refractivity contribution in [1.29, 1.82) is 0 Å². The molecular formula is C12H14N2O4S. The number of hydrogen-bond donors (Lipinski definition) is 2. The van der Waals surface area contributed by atoms with Crippen LogP contribution >= 0.6 is 11.3 Å². The van der Waals surface area contributed by atoms with Gasteiger partial charge >= 0.3 is 5.97 Å². The van der Waals surface area contributed by atoms with Gasteiger partial charge in [0.1, 0.15) is 5.00 Å². The zero-order valence-corrected chi connectivity index (χ0v) is 11.2. The monoisotopic (exact) mass is 282 g/mol. The Bertz CT molecular complexity index is 536. The number of fused-ring (bicyclic) bond motifs is 1. The molecule has 7 heteroatoms. The number of carbonyl (C=O) groups is 2. The predicted octanol–water partition coefficient (Wildman–Crippen LogP) is 2.01. The third kappa shape index (κ3) is 2.46. The summed E-state index contributed by atoms with van der Waals surface area (Å²) < 4.78 is 5.02. The number of carbonyl (C=O) groups excluding carboxylic acids is 2. The number of anilines is 1. The molecule has 0 aliphatic heterocycles. The van der Waals surface area contributed by atoms with E-state index >= 15 is 0 Å². The highest BCUT2D eigenvalue weighted by atomic mass is 32.1. The number of oxime groups is 1. The van der Waals surface area contributed by atoms with Gasteiger partial charge in [0, 0.05) is 0 Å². The normalized spacial score (nSPS) is 15.9. The summed E-state index contributed by atoms with van der Waals surface area (Å²) in [6.07, 6.45) is 2.69. The largest absolute Gasteiger partial charge is 0.462 e. The van der Waals surface area contributed by atoms with Gasteiger partial charge in [-0.25, -0.2) is 4.79 Å². The molecule has 2 N–H and O–H groups in total.